The van der Waals surface area contributed by atoms with Crippen LogP contribution in [0.4, 0.5) is 0 Å². The van der Waals surface area contributed by atoms with E-state index < -0.39 is 0 Å². The molecule has 0 spiro atoms. The molecular weight excluding hydrogens is 240 g/mol. The number of hydrogen-bond donors (Lipinski definition) is 2. The summed E-state index contributed by atoms with van der Waals surface area (Å²) in [6.07, 6.45) is 5.03. The SMILES string of the molecule is CCCCCNC(=O)C1CC1C(=O)NCCC(C)C. The van der Waals surface area contributed by atoms with E-state index in [9.17, 15) is 9.59 Å². The van der Waals surface area contributed by atoms with Crippen LogP contribution in [0.25, 0.3) is 0 Å². The molecule has 110 valence electrons. The van der Waals surface area contributed by atoms with E-state index in [1.165, 1.54) is 0 Å². The van der Waals surface area contributed by atoms with Gasteiger partial charge in [0.05, 0.1) is 11.8 Å². The van der Waals surface area contributed by atoms with Crippen molar-refractivity contribution in [1.82, 2.24) is 10.6 Å². The highest BCUT2D eigenvalue weighted by Crippen LogP contribution is 2.38. The van der Waals surface area contributed by atoms with Crippen LogP contribution >= 0.6 is 0 Å². The van der Waals surface area contributed by atoms with Crippen molar-refractivity contribution < 1.29 is 9.59 Å². The monoisotopic (exact) mass is 268 g/mol. The lowest BCUT2D eigenvalue weighted by atomic mass is 10.1. The maximum Gasteiger partial charge on any atom is 0.223 e. The molecule has 0 aromatic heterocycles. The molecule has 1 aliphatic rings. The van der Waals surface area contributed by atoms with E-state index >= 15 is 0 Å². The fraction of sp³-hybridized carbons (Fsp3) is 0.867. The Morgan fingerprint density at radius 1 is 1.05 bits per heavy atom. The molecule has 0 aromatic carbocycles. The molecule has 2 unspecified atom stereocenters. The average Bonchev–Trinajstić information content (AvgIpc) is 3.14. The molecule has 0 heterocycles. The number of nitrogens with one attached hydrogen (secondary N) is 2. The second-order valence-electron chi connectivity index (χ2n) is 5.92. The highest BCUT2D eigenvalue weighted by molar-refractivity contribution is 5.92. The van der Waals surface area contributed by atoms with Crippen molar-refractivity contribution in [3.05, 3.63) is 0 Å². The first-order valence-electron chi connectivity index (χ1n) is 7.61. The zero-order valence-electron chi connectivity index (χ0n) is 12.5. The molecule has 0 bridgehead atoms. The van der Waals surface area contributed by atoms with Crippen molar-refractivity contribution in [2.75, 3.05) is 13.1 Å². The summed E-state index contributed by atoms with van der Waals surface area (Å²) in [5.74, 6) is 0.533. The Labute approximate surface area is 116 Å². The van der Waals surface area contributed by atoms with E-state index in [0.717, 1.165) is 38.8 Å². The molecule has 0 aromatic rings. The standard InChI is InChI=1S/C15H28N2O2/c1-4-5-6-8-16-14(18)12-10-13(12)15(19)17-9-7-11(2)3/h11-13H,4-10H2,1-3H3,(H,16,18)(H,17,19). The van der Waals surface area contributed by atoms with Gasteiger partial charge in [-0.05, 0) is 25.2 Å². The number of rotatable bonds is 9. The van der Waals surface area contributed by atoms with E-state index in [2.05, 4.69) is 31.4 Å². The Morgan fingerprint density at radius 3 is 2.16 bits per heavy atom. The second kappa shape index (κ2) is 8.18. The van der Waals surface area contributed by atoms with Crippen molar-refractivity contribution in [2.24, 2.45) is 17.8 Å². The molecule has 0 aliphatic heterocycles. The van der Waals surface area contributed by atoms with Crippen molar-refractivity contribution in [3.63, 3.8) is 0 Å². The predicted molar refractivity (Wildman–Crippen MR) is 76.6 cm³/mol. The van der Waals surface area contributed by atoms with Gasteiger partial charge in [0.2, 0.25) is 11.8 Å². The van der Waals surface area contributed by atoms with Gasteiger partial charge in [-0.2, -0.15) is 0 Å². The summed E-state index contributed by atoms with van der Waals surface area (Å²) in [6, 6.07) is 0. The summed E-state index contributed by atoms with van der Waals surface area (Å²) in [5, 5.41) is 5.84. The molecule has 1 saturated carbocycles. The van der Waals surface area contributed by atoms with Gasteiger partial charge in [0.1, 0.15) is 0 Å². The lowest BCUT2D eigenvalue weighted by Gasteiger charge is -2.07. The molecule has 0 saturated heterocycles. The molecule has 0 radical (unpaired) electrons. The third-order valence-corrected chi connectivity index (χ3v) is 3.56. The number of amides is 2. The molecule has 1 fully saturated rings. The van der Waals surface area contributed by atoms with E-state index in [1.54, 1.807) is 0 Å². The minimum Gasteiger partial charge on any atom is -0.356 e. The smallest absolute Gasteiger partial charge is 0.223 e. The van der Waals surface area contributed by atoms with Crippen molar-refractivity contribution in [1.29, 1.82) is 0 Å². The normalized spacial score (nSPS) is 21.3. The van der Waals surface area contributed by atoms with E-state index in [4.69, 9.17) is 0 Å². The van der Waals surface area contributed by atoms with Gasteiger partial charge in [-0.15, -0.1) is 0 Å². The van der Waals surface area contributed by atoms with Gasteiger partial charge < -0.3 is 10.6 Å². The molecular formula is C15H28N2O2. The van der Waals surface area contributed by atoms with Gasteiger partial charge in [0, 0.05) is 13.1 Å². The highest BCUT2D eigenvalue weighted by Gasteiger charge is 2.47. The molecule has 1 rings (SSSR count). The summed E-state index contributed by atoms with van der Waals surface area (Å²) in [5.41, 5.74) is 0. The first-order valence-corrected chi connectivity index (χ1v) is 7.61. The minimum absolute atomic E-state index is 0.0503. The topological polar surface area (TPSA) is 58.2 Å². The summed E-state index contributed by atoms with van der Waals surface area (Å²) in [4.78, 5) is 23.6. The van der Waals surface area contributed by atoms with E-state index in [1.807, 2.05) is 0 Å². The zero-order valence-corrected chi connectivity index (χ0v) is 12.5. The highest BCUT2D eigenvalue weighted by atomic mass is 16.2. The van der Waals surface area contributed by atoms with Gasteiger partial charge >= 0.3 is 0 Å². The van der Waals surface area contributed by atoms with Gasteiger partial charge in [0.25, 0.3) is 0 Å². The Kier molecular flexibility index (Phi) is 6.89. The van der Waals surface area contributed by atoms with Gasteiger partial charge in [0.15, 0.2) is 0 Å². The number of unbranched alkanes of at least 4 members (excludes halogenated alkanes) is 2. The van der Waals surface area contributed by atoms with Crippen molar-refractivity contribution in [2.45, 2.75) is 52.9 Å². The summed E-state index contributed by atoms with van der Waals surface area (Å²) >= 11 is 0. The third kappa shape index (κ3) is 6.08. The van der Waals surface area contributed by atoms with E-state index in [0.29, 0.717) is 12.3 Å². The average molecular weight is 268 g/mol. The van der Waals surface area contributed by atoms with Gasteiger partial charge in [-0.3, -0.25) is 9.59 Å². The lowest BCUT2D eigenvalue weighted by molar-refractivity contribution is -0.127. The number of carbonyl (C=O) groups is 2. The Balaban J connectivity index is 2.11. The van der Waals surface area contributed by atoms with Gasteiger partial charge in [-0.25, -0.2) is 0 Å². The number of carbonyl (C=O) groups excluding carboxylic acids is 2. The summed E-state index contributed by atoms with van der Waals surface area (Å²) in [7, 11) is 0. The molecule has 4 heteroatoms. The van der Waals surface area contributed by atoms with Crippen LogP contribution in [0.5, 0.6) is 0 Å². The fourth-order valence-corrected chi connectivity index (χ4v) is 2.11. The summed E-state index contributed by atoms with van der Waals surface area (Å²) in [6.45, 7) is 7.87. The fourth-order valence-electron chi connectivity index (χ4n) is 2.11. The maximum atomic E-state index is 11.8. The van der Waals surface area contributed by atoms with E-state index in [-0.39, 0.29) is 23.7 Å². The van der Waals surface area contributed by atoms with Crippen LogP contribution in [0.3, 0.4) is 0 Å². The van der Waals surface area contributed by atoms with Crippen LogP contribution in [-0.2, 0) is 9.59 Å². The first-order chi connectivity index (χ1) is 9.06. The van der Waals surface area contributed by atoms with Crippen molar-refractivity contribution in [3.8, 4) is 0 Å². The Morgan fingerprint density at radius 2 is 1.63 bits per heavy atom. The molecule has 19 heavy (non-hydrogen) atoms. The zero-order chi connectivity index (χ0) is 14.3. The van der Waals surface area contributed by atoms with Crippen LogP contribution in [0.15, 0.2) is 0 Å². The summed E-state index contributed by atoms with van der Waals surface area (Å²) < 4.78 is 0. The predicted octanol–water partition coefficient (Wildman–Crippen LogP) is 2.09. The Bertz CT molecular complexity index is 303. The molecule has 2 N–H and O–H groups in total. The second-order valence-corrected chi connectivity index (χ2v) is 5.92. The maximum absolute atomic E-state index is 11.8. The Hall–Kier alpha value is -1.06. The molecule has 2 amide bonds. The third-order valence-electron chi connectivity index (χ3n) is 3.56. The first kappa shape index (κ1) is 16.0. The lowest BCUT2D eigenvalue weighted by Crippen LogP contribution is -2.31. The van der Waals surface area contributed by atoms with Gasteiger partial charge in [-0.1, -0.05) is 33.6 Å². The number of hydrogen-bond acceptors (Lipinski definition) is 2. The molecule has 4 nitrogen and oxygen atoms in total. The minimum atomic E-state index is -0.0849. The van der Waals surface area contributed by atoms with Crippen LogP contribution in [0, 0.1) is 17.8 Å². The molecule has 1 aliphatic carbocycles. The largest absolute Gasteiger partial charge is 0.356 e. The molecule has 2 atom stereocenters. The van der Waals surface area contributed by atoms with Crippen LogP contribution in [0.1, 0.15) is 52.9 Å². The quantitative estimate of drug-likeness (QED) is 0.629. The van der Waals surface area contributed by atoms with Crippen LogP contribution in [0.2, 0.25) is 0 Å². The van der Waals surface area contributed by atoms with Crippen LogP contribution < -0.4 is 10.6 Å². The van der Waals surface area contributed by atoms with Crippen LogP contribution in [-0.4, -0.2) is 24.9 Å². The van der Waals surface area contributed by atoms with Crippen molar-refractivity contribution >= 4 is 11.8 Å².